The van der Waals surface area contributed by atoms with Gasteiger partial charge in [-0.2, -0.15) is 10.4 Å². The molecule has 10 rings (SSSR count). The Labute approximate surface area is 510 Å². The summed E-state index contributed by atoms with van der Waals surface area (Å²) in [5.74, 6) is 1.72. The van der Waals surface area contributed by atoms with Crippen molar-refractivity contribution in [3.63, 3.8) is 0 Å². The van der Waals surface area contributed by atoms with Gasteiger partial charge in [0, 0.05) is 38.6 Å². The highest BCUT2D eigenvalue weighted by molar-refractivity contribution is 9.10. The molecule has 0 aliphatic heterocycles. The highest BCUT2D eigenvalue weighted by atomic mass is 79.9. The molecule has 6 N–H and O–H groups in total. The average Bonchev–Trinajstić information content (AvgIpc) is 2.88. The van der Waals surface area contributed by atoms with Crippen molar-refractivity contribution in [3.05, 3.63) is 256 Å². The summed E-state index contributed by atoms with van der Waals surface area (Å²) < 4.78 is 13.4. The van der Waals surface area contributed by atoms with Crippen molar-refractivity contribution < 1.29 is 29.1 Å². The lowest BCUT2D eigenvalue weighted by atomic mass is 9.77. The van der Waals surface area contributed by atoms with Gasteiger partial charge in [-0.25, -0.2) is 0 Å². The molecule has 2 amide bonds. The number of hydrogen-bond donors (Lipinski definition) is 6. The Morgan fingerprint density at radius 1 is 0.570 bits per heavy atom. The number of allylic oxidation sites excluding steroid dienone is 2. The summed E-state index contributed by atoms with van der Waals surface area (Å²) in [6.45, 7) is 17.5. The Hall–Kier alpha value is -9.62. The van der Waals surface area contributed by atoms with E-state index in [9.17, 15) is 9.59 Å². The van der Waals surface area contributed by atoms with Crippen molar-refractivity contribution in [2.75, 3.05) is 23.8 Å². The molecule has 436 valence electrons. The molecule has 18 heteroatoms. The summed E-state index contributed by atoms with van der Waals surface area (Å²) in [6.07, 6.45) is 6.07. The van der Waals surface area contributed by atoms with Gasteiger partial charge in [-0.05, 0) is 100 Å². The molecule has 86 heavy (non-hydrogen) atoms. The molecule has 2 unspecified atom stereocenters. The van der Waals surface area contributed by atoms with E-state index in [1.165, 1.54) is 5.56 Å². The molecular formula is C68H68BBrN10O6. The van der Waals surface area contributed by atoms with Crippen LogP contribution in [0.5, 0.6) is 11.5 Å². The van der Waals surface area contributed by atoms with Gasteiger partial charge in [0.05, 0.1) is 37.4 Å². The summed E-state index contributed by atoms with van der Waals surface area (Å²) in [4.78, 5) is 26.2. The van der Waals surface area contributed by atoms with E-state index >= 15 is 0 Å². The fraction of sp³-hybridized carbons (Fsp3) is 0.176. The third kappa shape index (κ3) is 16.8. The molecule has 0 spiro atoms. The smallest absolute Gasteiger partial charge is 0.489 e. The normalized spacial score (nSPS) is 11.3. The Morgan fingerprint density at radius 2 is 1.00 bits per heavy atom. The SMILES string of the molecule is C=CC(c1ccccc1)c1cc(-c2ccccc2-c2nn[nH]n2)cc(NC(=O)Cc2ccc(C)cc2)c1OCCC.C=CC(c1ccccc1)c1cc(Br)cc(NC(=O)Cc2ccc(C)cc2)c1OCCC.OB(O)c1ccccc1-c1nn[nH]n1. The van der Waals surface area contributed by atoms with Crippen molar-refractivity contribution in [3.8, 4) is 45.4 Å². The van der Waals surface area contributed by atoms with E-state index in [1.54, 1.807) is 24.3 Å². The maximum absolute atomic E-state index is 13.4. The largest absolute Gasteiger partial charge is 0.491 e. The molecule has 2 atom stereocenters. The maximum Gasteiger partial charge on any atom is 0.489 e. The molecule has 0 saturated carbocycles. The summed E-state index contributed by atoms with van der Waals surface area (Å²) in [6, 6.07) is 59.0. The predicted octanol–water partition coefficient (Wildman–Crippen LogP) is 12.7. The molecule has 0 aliphatic rings. The second-order valence-corrected chi connectivity index (χ2v) is 21.1. The van der Waals surface area contributed by atoms with Crippen molar-refractivity contribution in [1.82, 2.24) is 41.2 Å². The zero-order valence-electron chi connectivity index (χ0n) is 48.5. The number of rotatable bonds is 22. The number of carbonyl (C=O) groups excluding carboxylic acids is 2. The zero-order chi connectivity index (χ0) is 60.8. The van der Waals surface area contributed by atoms with Gasteiger partial charge in [0.15, 0.2) is 0 Å². The molecule has 0 aliphatic carbocycles. The fourth-order valence-corrected chi connectivity index (χ4v) is 10.1. The highest BCUT2D eigenvalue weighted by Gasteiger charge is 2.25. The first kappa shape index (κ1) is 62.4. The lowest BCUT2D eigenvalue weighted by Crippen LogP contribution is -2.31. The number of nitrogens with zero attached hydrogens (tertiary/aromatic N) is 6. The first-order valence-electron chi connectivity index (χ1n) is 28.2. The number of nitrogens with one attached hydrogen (secondary N) is 4. The number of benzene rings is 8. The van der Waals surface area contributed by atoms with E-state index < -0.39 is 7.12 Å². The number of hydrogen-bond acceptors (Lipinski definition) is 12. The van der Waals surface area contributed by atoms with Crippen molar-refractivity contribution in [2.24, 2.45) is 0 Å². The number of amides is 2. The van der Waals surface area contributed by atoms with Crippen LogP contribution >= 0.6 is 15.9 Å². The Bertz CT molecular complexity index is 3800. The maximum atomic E-state index is 13.4. The first-order valence-corrected chi connectivity index (χ1v) is 29.0. The topological polar surface area (TPSA) is 226 Å². The van der Waals surface area contributed by atoms with Crippen molar-refractivity contribution in [1.29, 1.82) is 0 Å². The number of ether oxygens (including phenoxy) is 2. The number of anilines is 2. The van der Waals surface area contributed by atoms with Gasteiger partial charge in [-0.1, -0.05) is 211 Å². The van der Waals surface area contributed by atoms with Crippen LogP contribution in [0.1, 0.15) is 83.0 Å². The first-order chi connectivity index (χ1) is 41.9. The molecule has 16 nitrogen and oxygen atoms in total. The molecule has 10 aromatic rings. The van der Waals surface area contributed by atoms with Crippen LogP contribution in [0, 0.1) is 13.8 Å². The number of aryl methyl sites for hydroxylation is 2. The van der Waals surface area contributed by atoms with Gasteiger partial charge >= 0.3 is 7.12 Å². The molecule has 2 heterocycles. The van der Waals surface area contributed by atoms with Crippen LogP contribution in [0.3, 0.4) is 0 Å². The van der Waals surface area contributed by atoms with Crippen LogP contribution in [-0.2, 0) is 22.4 Å². The number of H-pyrrole nitrogens is 2. The van der Waals surface area contributed by atoms with Crippen molar-refractivity contribution in [2.45, 2.75) is 65.2 Å². The van der Waals surface area contributed by atoms with Gasteiger partial charge in [0.2, 0.25) is 23.5 Å². The summed E-state index contributed by atoms with van der Waals surface area (Å²) >= 11 is 3.61. The lowest BCUT2D eigenvalue weighted by molar-refractivity contribution is -0.116. The monoisotopic (exact) mass is 1210 g/mol. The molecule has 8 aromatic carbocycles. The Kier molecular flexibility index (Phi) is 22.7. The lowest BCUT2D eigenvalue weighted by Gasteiger charge is -2.23. The average molecular weight is 1210 g/mol. The molecular weight excluding hydrogens is 1140 g/mol. The van der Waals surface area contributed by atoms with E-state index in [4.69, 9.17) is 19.5 Å². The van der Waals surface area contributed by atoms with E-state index in [0.29, 0.717) is 65.2 Å². The van der Waals surface area contributed by atoms with Gasteiger partial charge in [0.1, 0.15) is 11.5 Å². The minimum Gasteiger partial charge on any atom is -0.491 e. The standard InChI is InChI=1S/C34H33N5O2.C27H28BrNO2.C7H7BN4O2/c1-4-19-41-33-30(27(5-2)25-11-7-6-8-12-25)21-26(28-13-9-10-14-29(28)34-36-38-39-37-34)22-31(33)35-32(40)20-24-17-15-23(3)16-18-24;1-4-15-31-27-24(23(5-2)21-9-7-6-8-10-21)17-22(28)18-25(27)29-26(30)16-20-13-11-19(3)12-14-20;13-8(14)6-4-2-1-3-5(6)7-9-11-12-10-7/h5-18,21-22,27H,2,4,19-20H2,1,3H3,(H,35,40)(H,36,37,38,39);5-14,17-18,23H,2,4,15-16H2,1,3H3,(H,29,30);1-4,13-14H,(H,9,10,11,12). The molecule has 0 fully saturated rings. The van der Waals surface area contributed by atoms with Gasteiger partial charge < -0.3 is 30.2 Å². The Balaban J connectivity index is 0.000000187. The second kappa shape index (κ2) is 31.3. The van der Waals surface area contributed by atoms with E-state index in [2.05, 4.69) is 125 Å². The predicted molar refractivity (Wildman–Crippen MR) is 344 cm³/mol. The summed E-state index contributed by atoms with van der Waals surface area (Å²) in [5.41, 5.74) is 13.1. The van der Waals surface area contributed by atoms with Crippen LogP contribution in [0.4, 0.5) is 11.4 Å². The molecule has 2 aromatic heterocycles. The van der Waals surface area contributed by atoms with Crippen LogP contribution < -0.4 is 25.6 Å². The van der Waals surface area contributed by atoms with Gasteiger partial charge in [0.25, 0.3) is 0 Å². The van der Waals surface area contributed by atoms with Gasteiger partial charge in [-0.3, -0.25) is 9.59 Å². The van der Waals surface area contributed by atoms with Crippen LogP contribution in [0.2, 0.25) is 0 Å². The minimum absolute atomic E-state index is 0.0571. The summed E-state index contributed by atoms with van der Waals surface area (Å²) in [5, 5.41) is 52.3. The van der Waals surface area contributed by atoms with Crippen LogP contribution in [0.15, 0.2) is 212 Å². The van der Waals surface area contributed by atoms with Crippen LogP contribution in [0.25, 0.3) is 33.9 Å². The molecule has 0 radical (unpaired) electrons. The zero-order valence-corrected chi connectivity index (χ0v) is 50.0. The van der Waals surface area contributed by atoms with E-state index in [1.807, 2.05) is 153 Å². The number of aromatic amines is 2. The minimum atomic E-state index is -1.54. The number of aromatic nitrogens is 8. The van der Waals surface area contributed by atoms with Crippen molar-refractivity contribution >= 4 is 51.7 Å². The van der Waals surface area contributed by atoms with Crippen LogP contribution in [-0.4, -0.2) is 83.4 Å². The third-order valence-corrected chi connectivity index (χ3v) is 14.2. The Morgan fingerprint density at radius 3 is 1.45 bits per heavy atom. The van der Waals surface area contributed by atoms with E-state index in [-0.39, 0.29) is 30.1 Å². The number of halogens is 1. The number of tetrazole rings is 2. The number of carbonyl (C=O) groups is 2. The molecule has 0 bridgehead atoms. The second-order valence-electron chi connectivity index (χ2n) is 20.2. The third-order valence-electron chi connectivity index (χ3n) is 13.7. The fourth-order valence-electron chi connectivity index (χ4n) is 9.58. The van der Waals surface area contributed by atoms with Gasteiger partial charge in [-0.15, -0.1) is 33.6 Å². The van der Waals surface area contributed by atoms with E-state index in [0.717, 1.165) is 72.9 Å². The summed E-state index contributed by atoms with van der Waals surface area (Å²) in [7, 11) is -1.54. The quantitative estimate of drug-likeness (QED) is 0.0275. The molecule has 0 saturated heterocycles. The highest BCUT2D eigenvalue weighted by Crippen LogP contribution is 2.44.